The maximum atomic E-state index is 11.9. The van der Waals surface area contributed by atoms with E-state index in [0.29, 0.717) is 5.56 Å². The molecular formula is C15H16N4O2. The zero-order valence-electron chi connectivity index (χ0n) is 11.7. The van der Waals surface area contributed by atoms with Crippen LogP contribution < -0.4 is 10.6 Å². The maximum Gasteiger partial charge on any atom is 0.321 e. The van der Waals surface area contributed by atoms with E-state index in [-0.39, 0.29) is 24.7 Å². The van der Waals surface area contributed by atoms with E-state index in [2.05, 4.69) is 20.6 Å². The number of anilines is 1. The Kier molecular flexibility index (Phi) is 4.98. The molecule has 0 fully saturated rings. The number of amides is 2. The minimum absolute atomic E-state index is 0.00809. The first-order valence-electron chi connectivity index (χ1n) is 6.57. The number of ketones is 1. The molecule has 6 heteroatoms. The molecule has 1 aromatic heterocycles. The van der Waals surface area contributed by atoms with Crippen LogP contribution in [0.2, 0.25) is 0 Å². The number of Topliss-reactive ketones (excluding diaryl/α,β-unsaturated/α-hetero) is 1. The summed E-state index contributed by atoms with van der Waals surface area (Å²) in [6.07, 6.45) is 3.30. The summed E-state index contributed by atoms with van der Waals surface area (Å²) in [6, 6.07) is 8.58. The van der Waals surface area contributed by atoms with E-state index in [0.717, 1.165) is 5.56 Å². The summed E-state index contributed by atoms with van der Waals surface area (Å²) >= 11 is 0. The molecule has 2 rings (SSSR count). The van der Waals surface area contributed by atoms with Crippen molar-refractivity contribution in [3.8, 4) is 0 Å². The fourth-order valence-corrected chi connectivity index (χ4v) is 1.68. The Morgan fingerprint density at radius 2 is 1.76 bits per heavy atom. The lowest BCUT2D eigenvalue weighted by Gasteiger charge is -2.06. The number of aromatic nitrogens is 2. The zero-order chi connectivity index (χ0) is 15.1. The number of hydrogen-bond acceptors (Lipinski definition) is 4. The van der Waals surface area contributed by atoms with E-state index in [9.17, 15) is 9.59 Å². The SMILES string of the molecule is Cc1ccc(C(=O)CCNC(=O)Nc2ncccn2)cc1. The van der Waals surface area contributed by atoms with Crippen LogP contribution in [0.25, 0.3) is 0 Å². The van der Waals surface area contributed by atoms with Crippen LogP contribution in [-0.2, 0) is 0 Å². The van der Waals surface area contributed by atoms with Gasteiger partial charge in [-0.2, -0.15) is 0 Å². The van der Waals surface area contributed by atoms with Gasteiger partial charge in [0.1, 0.15) is 0 Å². The molecule has 0 spiro atoms. The first-order chi connectivity index (χ1) is 10.1. The highest BCUT2D eigenvalue weighted by Gasteiger charge is 2.07. The van der Waals surface area contributed by atoms with Crippen LogP contribution in [0.4, 0.5) is 10.7 Å². The van der Waals surface area contributed by atoms with Crippen molar-refractivity contribution in [2.45, 2.75) is 13.3 Å². The van der Waals surface area contributed by atoms with Gasteiger partial charge in [-0.25, -0.2) is 14.8 Å². The van der Waals surface area contributed by atoms with E-state index in [1.807, 2.05) is 19.1 Å². The summed E-state index contributed by atoms with van der Waals surface area (Å²) in [7, 11) is 0. The fraction of sp³-hybridized carbons (Fsp3) is 0.200. The number of aryl methyl sites for hydroxylation is 1. The molecule has 0 unspecified atom stereocenters. The summed E-state index contributed by atoms with van der Waals surface area (Å²) in [4.78, 5) is 31.2. The van der Waals surface area contributed by atoms with Gasteiger partial charge in [-0.05, 0) is 13.0 Å². The van der Waals surface area contributed by atoms with Gasteiger partial charge in [0.05, 0.1) is 0 Å². The van der Waals surface area contributed by atoms with Crippen LogP contribution >= 0.6 is 0 Å². The second-order valence-corrected chi connectivity index (χ2v) is 4.49. The Balaban J connectivity index is 1.75. The molecule has 6 nitrogen and oxygen atoms in total. The number of nitrogens with zero attached hydrogens (tertiary/aromatic N) is 2. The fourth-order valence-electron chi connectivity index (χ4n) is 1.68. The number of benzene rings is 1. The molecule has 0 saturated carbocycles. The molecule has 0 saturated heterocycles. The number of nitrogens with one attached hydrogen (secondary N) is 2. The molecule has 0 aliphatic rings. The van der Waals surface area contributed by atoms with Gasteiger partial charge in [0.15, 0.2) is 5.78 Å². The lowest BCUT2D eigenvalue weighted by Crippen LogP contribution is -2.31. The van der Waals surface area contributed by atoms with Gasteiger partial charge in [0.2, 0.25) is 5.95 Å². The third-order valence-electron chi connectivity index (χ3n) is 2.80. The molecule has 0 atom stereocenters. The molecule has 108 valence electrons. The number of rotatable bonds is 5. The lowest BCUT2D eigenvalue weighted by atomic mass is 10.1. The average molecular weight is 284 g/mol. The van der Waals surface area contributed by atoms with Gasteiger partial charge in [-0.15, -0.1) is 0 Å². The van der Waals surface area contributed by atoms with Crippen molar-refractivity contribution in [3.05, 3.63) is 53.9 Å². The van der Waals surface area contributed by atoms with Crippen molar-refractivity contribution in [1.29, 1.82) is 0 Å². The Bertz CT molecular complexity index is 611. The third-order valence-corrected chi connectivity index (χ3v) is 2.80. The van der Waals surface area contributed by atoms with Gasteiger partial charge >= 0.3 is 6.03 Å². The third kappa shape index (κ3) is 4.68. The van der Waals surface area contributed by atoms with Gasteiger partial charge in [0.25, 0.3) is 0 Å². The predicted octanol–water partition coefficient (Wildman–Crippen LogP) is 2.18. The number of hydrogen-bond donors (Lipinski definition) is 2. The molecule has 2 aromatic rings. The Morgan fingerprint density at radius 3 is 2.43 bits per heavy atom. The van der Waals surface area contributed by atoms with Gasteiger partial charge in [-0.1, -0.05) is 29.8 Å². The maximum absolute atomic E-state index is 11.9. The van der Waals surface area contributed by atoms with Gasteiger partial charge in [-0.3, -0.25) is 10.1 Å². The second-order valence-electron chi connectivity index (χ2n) is 4.49. The number of carbonyl (C=O) groups is 2. The van der Waals surface area contributed by atoms with E-state index in [4.69, 9.17) is 0 Å². The van der Waals surface area contributed by atoms with Crippen LogP contribution in [0.3, 0.4) is 0 Å². The molecule has 0 aliphatic heterocycles. The molecule has 1 aromatic carbocycles. The Labute approximate surface area is 122 Å². The standard InChI is InChI=1S/C15H16N4O2/c1-11-3-5-12(6-4-11)13(20)7-10-18-15(21)19-14-16-8-2-9-17-14/h2-6,8-9H,7,10H2,1H3,(H2,16,17,18,19,21). The highest BCUT2D eigenvalue weighted by molar-refractivity contribution is 5.96. The summed E-state index contributed by atoms with van der Waals surface area (Å²) < 4.78 is 0. The summed E-state index contributed by atoms with van der Waals surface area (Å²) in [5.74, 6) is 0.214. The van der Waals surface area contributed by atoms with Crippen molar-refractivity contribution in [1.82, 2.24) is 15.3 Å². The molecule has 2 amide bonds. The Morgan fingerprint density at radius 1 is 1.10 bits per heavy atom. The summed E-state index contributed by atoms with van der Waals surface area (Å²) in [5.41, 5.74) is 1.75. The molecular weight excluding hydrogens is 268 g/mol. The zero-order valence-corrected chi connectivity index (χ0v) is 11.7. The lowest BCUT2D eigenvalue weighted by molar-refractivity contribution is 0.0984. The highest BCUT2D eigenvalue weighted by Crippen LogP contribution is 2.05. The van der Waals surface area contributed by atoms with Crippen LogP contribution in [0.1, 0.15) is 22.3 Å². The van der Waals surface area contributed by atoms with Crippen molar-refractivity contribution < 1.29 is 9.59 Å². The molecule has 21 heavy (non-hydrogen) atoms. The van der Waals surface area contributed by atoms with Gasteiger partial charge in [0, 0.05) is 30.9 Å². The molecule has 1 heterocycles. The number of carbonyl (C=O) groups excluding carboxylic acids is 2. The van der Waals surface area contributed by atoms with Crippen LogP contribution in [0.5, 0.6) is 0 Å². The largest absolute Gasteiger partial charge is 0.337 e. The van der Waals surface area contributed by atoms with Crippen LogP contribution in [-0.4, -0.2) is 28.3 Å². The van der Waals surface area contributed by atoms with E-state index in [1.54, 1.807) is 18.2 Å². The van der Waals surface area contributed by atoms with Crippen molar-refractivity contribution in [2.24, 2.45) is 0 Å². The molecule has 0 radical (unpaired) electrons. The minimum atomic E-state index is -0.432. The normalized spacial score (nSPS) is 9.95. The first-order valence-corrected chi connectivity index (χ1v) is 6.57. The Hall–Kier alpha value is -2.76. The summed E-state index contributed by atoms with van der Waals surface area (Å²) in [5, 5.41) is 5.07. The van der Waals surface area contributed by atoms with Crippen LogP contribution in [0, 0.1) is 6.92 Å². The minimum Gasteiger partial charge on any atom is -0.337 e. The predicted molar refractivity (Wildman–Crippen MR) is 79.2 cm³/mol. The first kappa shape index (κ1) is 14.6. The second kappa shape index (κ2) is 7.14. The van der Waals surface area contributed by atoms with E-state index in [1.165, 1.54) is 12.4 Å². The molecule has 0 aliphatic carbocycles. The quantitative estimate of drug-likeness (QED) is 0.824. The van der Waals surface area contributed by atoms with Crippen LogP contribution in [0.15, 0.2) is 42.7 Å². The highest BCUT2D eigenvalue weighted by atomic mass is 16.2. The topological polar surface area (TPSA) is 84.0 Å². The van der Waals surface area contributed by atoms with Crippen molar-refractivity contribution in [3.63, 3.8) is 0 Å². The van der Waals surface area contributed by atoms with Crippen molar-refractivity contribution in [2.75, 3.05) is 11.9 Å². The molecule has 0 bridgehead atoms. The van der Waals surface area contributed by atoms with E-state index < -0.39 is 6.03 Å². The average Bonchev–Trinajstić information content (AvgIpc) is 2.49. The van der Waals surface area contributed by atoms with E-state index >= 15 is 0 Å². The monoisotopic (exact) mass is 284 g/mol. The van der Waals surface area contributed by atoms with Crippen molar-refractivity contribution >= 4 is 17.8 Å². The number of urea groups is 1. The van der Waals surface area contributed by atoms with Gasteiger partial charge < -0.3 is 5.32 Å². The summed E-state index contributed by atoms with van der Waals surface area (Å²) in [6.45, 7) is 2.22. The molecule has 2 N–H and O–H groups in total. The smallest absolute Gasteiger partial charge is 0.321 e.